The standard InChI is InChI=1S/C13H20FN3O/c1-9(2)5-6-16-8-10-3-4-11(14)7-12(10)13(15)17-18/h3-4,7,9,16,18H,5-6,8H2,1-2H3,(H2,15,17). The minimum atomic E-state index is -0.400. The van der Waals surface area contributed by atoms with E-state index in [-0.39, 0.29) is 5.84 Å². The molecule has 0 aliphatic rings. The maximum absolute atomic E-state index is 13.1. The highest BCUT2D eigenvalue weighted by Gasteiger charge is 2.08. The highest BCUT2D eigenvalue weighted by molar-refractivity contribution is 5.98. The van der Waals surface area contributed by atoms with E-state index in [1.54, 1.807) is 6.07 Å². The van der Waals surface area contributed by atoms with Gasteiger partial charge in [-0.3, -0.25) is 0 Å². The molecule has 0 fully saturated rings. The van der Waals surface area contributed by atoms with Crippen LogP contribution in [0.3, 0.4) is 0 Å². The van der Waals surface area contributed by atoms with Crippen LogP contribution in [0.15, 0.2) is 23.4 Å². The lowest BCUT2D eigenvalue weighted by Crippen LogP contribution is -2.21. The molecule has 0 aromatic heterocycles. The third-order valence-corrected chi connectivity index (χ3v) is 2.67. The van der Waals surface area contributed by atoms with Gasteiger partial charge in [0.05, 0.1) is 0 Å². The van der Waals surface area contributed by atoms with Crippen molar-refractivity contribution in [2.24, 2.45) is 16.8 Å². The normalized spacial score (nSPS) is 12.1. The van der Waals surface area contributed by atoms with Gasteiger partial charge in [-0.05, 0) is 36.6 Å². The van der Waals surface area contributed by atoms with Crippen LogP contribution in [0.25, 0.3) is 0 Å². The van der Waals surface area contributed by atoms with E-state index < -0.39 is 5.82 Å². The zero-order chi connectivity index (χ0) is 13.5. The lowest BCUT2D eigenvalue weighted by atomic mass is 10.1. The summed E-state index contributed by atoms with van der Waals surface area (Å²) in [6, 6.07) is 4.28. The number of hydrogen-bond acceptors (Lipinski definition) is 3. The molecule has 0 bridgehead atoms. The van der Waals surface area contributed by atoms with Crippen molar-refractivity contribution in [1.29, 1.82) is 0 Å². The van der Waals surface area contributed by atoms with Crippen molar-refractivity contribution in [1.82, 2.24) is 5.32 Å². The van der Waals surface area contributed by atoms with Gasteiger partial charge in [0, 0.05) is 12.1 Å². The Bertz CT molecular complexity index is 419. The van der Waals surface area contributed by atoms with Crippen LogP contribution in [0, 0.1) is 11.7 Å². The van der Waals surface area contributed by atoms with Gasteiger partial charge in [-0.1, -0.05) is 25.1 Å². The van der Waals surface area contributed by atoms with Crippen LogP contribution >= 0.6 is 0 Å². The van der Waals surface area contributed by atoms with Gasteiger partial charge in [-0.25, -0.2) is 4.39 Å². The summed E-state index contributed by atoms with van der Waals surface area (Å²) in [6.45, 7) is 5.76. The van der Waals surface area contributed by atoms with Crippen LogP contribution < -0.4 is 11.1 Å². The Balaban J connectivity index is 2.70. The number of hydrogen-bond donors (Lipinski definition) is 3. The molecule has 0 radical (unpaired) electrons. The fourth-order valence-electron chi connectivity index (χ4n) is 1.61. The number of oxime groups is 1. The summed E-state index contributed by atoms with van der Waals surface area (Å²) in [7, 11) is 0. The Morgan fingerprint density at radius 1 is 1.50 bits per heavy atom. The van der Waals surface area contributed by atoms with Crippen molar-refractivity contribution < 1.29 is 9.60 Å². The number of amidine groups is 1. The number of rotatable bonds is 6. The Morgan fingerprint density at radius 3 is 2.83 bits per heavy atom. The van der Waals surface area contributed by atoms with Crippen LogP contribution in [-0.2, 0) is 6.54 Å². The van der Waals surface area contributed by atoms with Crippen molar-refractivity contribution in [3.63, 3.8) is 0 Å². The lowest BCUT2D eigenvalue weighted by molar-refractivity contribution is 0.318. The van der Waals surface area contributed by atoms with Crippen molar-refractivity contribution in [3.8, 4) is 0 Å². The molecule has 0 unspecified atom stereocenters. The number of halogens is 1. The number of nitrogens with two attached hydrogens (primary N) is 1. The van der Waals surface area contributed by atoms with E-state index in [1.807, 2.05) is 0 Å². The van der Waals surface area contributed by atoms with Crippen LogP contribution in [0.2, 0.25) is 0 Å². The van der Waals surface area contributed by atoms with E-state index in [2.05, 4.69) is 24.3 Å². The first-order chi connectivity index (χ1) is 8.54. The fourth-order valence-corrected chi connectivity index (χ4v) is 1.61. The summed E-state index contributed by atoms with van der Waals surface area (Å²) >= 11 is 0. The number of benzene rings is 1. The van der Waals surface area contributed by atoms with Crippen molar-refractivity contribution in [3.05, 3.63) is 35.1 Å². The summed E-state index contributed by atoms with van der Waals surface area (Å²) in [5, 5.41) is 14.8. The number of nitrogens with one attached hydrogen (secondary N) is 1. The molecule has 4 nitrogen and oxygen atoms in total. The SMILES string of the molecule is CC(C)CCNCc1ccc(F)cc1C(N)=NO. The van der Waals surface area contributed by atoms with Crippen LogP contribution in [0.5, 0.6) is 0 Å². The Kier molecular flexibility index (Phi) is 5.58. The molecule has 1 aromatic rings. The monoisotopic (exact) mass is 253 g/mol. The van der Waals surface area contributed by atoms with E-state index in [0.717, 1.165) is 18.5 Å². The first kappa shape index (κ1) is 14.4. The molecule has 0 amide bonds. The summed E-state index contributed by atoms with van der Waals surface area (Å²) in [4.78, 5) is 0. The van der Waals surface area contributed by atoms with Crippen LogP contribution in [0.1, 0.15) is 31.4 Å². The minimum Gasteiger partial charge on any atom is -0.409 e. The van der Waals surface area contributed by atoms with Gasteiger partial charge in [0.15, 0.2) is 5.84 Å². The summed E-state index contributed by atoms with van der Waals surface area (Å²) < 4.78 is 13.1. The Hall–Kier alpha value is -1.62. The third kappa shape index (κ3) is 4.33. The van der Waals surface area contributed by atoms with Gasteiger partial charge in [0.25, 0.3) is 0 Å². The van der Waals surface area contributed by atoms with E-state index in [0.29, 0.717) is 18.0 Å². The number of nitrogens with zero attached hydrogens (tertiary/aromatic N) is 1. The Labute approximate surface area is 107 Å². The quantitative estimate of drug-likeness (QED) is 0.239. The maximum atomic E-state index is 13.1. The van der Waals surface area contributed by atoms with Gasteiger partial charge in [-0.15, -0.1) is 0 Å². The molecule has 5 heteroatoms. The van der Waals surface area contributed by atoms with Gasteiger partial charge >= 0.3 is 0 Å². The van der Waals surface area contributed by atoms with Crippen molar-refractivity contribution >= 4 is 5.84 Å². The molecule has 0 atom stereocenters. The third-order valence-electron chi connectivity index (χ3n) is 2.67. The fraction of sp³-hybridized carbons (Fsp3) is 0.462. The molecule has 0 saturated carbocycles. The lowest BCUT2D eigenvalue weighted by Gasteiger charge is -2.10. The highest BCUT2D eigenvalue weighted by atomic mass is 19.1. The summed E-state index contributed by atoms with van der Waals surface area (Å²) in [5.74, 6) is 0.159. The average Bonchev–Trinajstić information content (AvgIpc) is 2.34. The first-order valence-corrected chi connectivity index (χ1v) is 6.01. The molecule has 1 aromatic carbocycles. The van der Waals surface area contributed by atoms with E-state index in [9.17, 15) is 4.39 Å². The molecule has 1 rings (SSSR count). The molecule has 0 spiro atoms. The van der Waals surface area contributed by atoms with Crippen LogP contribution in [-0.4, -0.2) is 17.6 Å². The molecule has 18 heavy (non-hydrogen) atoms. The molecule has 0 aliphatic carbocycles. The minimum absolute atomic E-state index is 0.0739. The van der Waals surface area contributed by atoms with Gasteiger partial charge in [0.2, 0.25) is 0 Å². The van der Waals surface area contributed by atoms with E-state index in [1.165, 1.54) is 12.1 Å². The molecular weight excluding hydrogens is 233 g/mol. The second-order valence-corrected chi connectivity index (χ2v) is 4.65. The predicted molar refractivity (Wildman–Crippen MR) is 70.1 cm³/mol. The zero-order valence-electron chi connectivity index (χ0n) is 10.8. The molecular formula is C13H20FN3O. The highest BCUT2D eigenvalue weighted by Crippen LogP contribution is 2.11. The van der Waals surface area contributed by atoms with Gasteiger partial charge < -0.3 is 16.3 Å². The largest absolute Gasteiger partial charge is 0.409 e. The van der Waals surface area contributed by atoms with Crippen LogP contribution in [0.4, 0.5) is 4.39 Å². The maximum Gasteiger partial charge on any atom is 0.170 e. The van der Waals surface area contributed by atoms with Gasteiger partial charge in [0.1, 0.15) is 5.82 Å². The summed E-state index contributed by atoms with van der Waals surface area (Å²) in [5.41, 5.74) is 6.76. The topological polar surface area (TPSA) is 70.6 Å². The van der Waals surface area contributed by atoms with Crippen molar-refractivity contribution in [2.75, 3.05) is 6.54 Å². The smallest absolute Gasteiger partial charge is 0.170 e. The Morgan fingerprint density at radius 2 is 2.22 bits per heavy atom. The van der Waals surface area contributed by atoms with E-state index >= 15 is 0 Å². The average molecular weight is 253 g/mol. The molecule has 0 heterocycles. The van der Waals surface area contributed by atoms with Crippen molar-refractivity contribution in [2.45, 2.75) is 26.8 Å². The molecule has 4 N–H and O–H groups in total. The first-order valence-electron chi connectivity index (χ1n) is 6.01. The molecule has 0 aliphatic heterocycles. The molecule has 100 valence electrons. The second-order valence-electron chi connectivity index (χ2n) is 4.65. The summed E-state index contributed by atoms with van der Waals surface area (Å²) in [6.07, 6.45) is 1.07. The van der Waals surface area contributed by atoms with Gasteiger partial charge in [-0.2, -0.15) is 0 Å². The predicted octanol–water partition coefficient (Wildman–Crippen LogP) is 2.06. The van der Waals surface area contributed by atoms with E-state index in [4.69, 9.17) is 10.9 Å². The zero-order valence-corrected chi connectivity index (χ0v) is 10.8. The second kappa shape index (κ2) is 6.96. The molecule has 0 saturated heterocycles.